The second-order valence-corrected chi connectivity index (χ2v) is 11.9. The maximum Gasteiger partial charge on any atom is 0.335 e. The van der Waals surface area contributed by atoms with Gasteiger partial charge in [-0.15, -0.1) is 0 Å². The molecular weight excluding hydrogens is 502 g/mol. The van der Waals surface area contributed by atoms with Crippen molar-refractivity contribution in [3.8, 4) is 17.1 Å². The van der Waals surface area contributed by atoms with Crippen LogP contribution < -0.4 is 4.74 Å². The summed E-state index contributed by atoms with van der Waals surface area (Å²) in [6.45, 7) is 2.22. The fourth-order valence-corrected chi connectivity index (χ4v) is 6.69. The Bertz CT molecular complexity index is 1520. The Morgan fingerprint density at radius 3 is 2.48 bits per heavy atom. The van der Waals surface area contributed by atoms with E-state index in [1.165, 1.54) is 38.5 Å². The van der Waals surface area contributed by atoms with Crippen molar-refractivity contribution < 1.29 is 19.4 Å². The molecule has 0 amide bonds. The number of benzene rings is 2. The van der Waals surface area contributed by atoms with Crippen LogP contribution in [-0.4, -0.2) is 44.9 Å². The SMILES string of the molecule is O=C(O)c1ccc2nc(Cc3ccc(-c4cccc(OCC56CCC(CC5)CC6)n4)cc3)n(CC3CCO3)c2c1. The fraction of sp³-hybridized carbons (Fsp3) is 0.424. The number of fused-ring (bicyclic) bond motifs is 4. The number of imidazole rings is 1. The molecule has 2 aromatic heterocycles. The Kier molecular flexibility index (Phi) is 6.54. The molecule has 4 fully saturated rings. The lowest BCUT2D eigenvalue weighted by atomic mass is 9.61. The lowest BCUT2D eigenvalue weighted by Gasteiger charge is -2.46. The van der Waals surface area contributed by atoms with Gasteiger partial charge >= 0.3 is 5.97 Å². The van der Waals surface area contributed by atoms with E-state index in [1.807, 2.05) is 18.2 Å². The molecule has 3 heterocycles. The number of carbonyl (C=O) groups is 1. The van der Waals surface area contributed by atoms with Crippen LogP contribution in [0.2, 0.25) is 0 Å². The van der Waals surface area contributed by atoms with Crippen LogP contribution in [0.15, 0.2) is 60.7 Å². The largest absolute Gasteiger partial charge is 0.478 e. The Hall–Kier alpha value is -3.71. The second-order valence-electron chi connectivity index (χ2n) is 11.9. The third-order valence-corrected chi connectivity index (χ3v) is 9.36. The number of ether oxygens (including phenoxy) is 2. The van der Waals surface area contributed by atoms with E-state index in [2.05, 4.69) is 28.8 Å². The van der Waals surface area contributed by atoms with Crippen molar-refractivity contribution >= 4 is 17.0 Å². The van der Waals surface area contributed by atoms with Crippen molar-refractivity contribution in [3.63, 3.8) is 0 Å². The second kappa shape index (κ2) is 10.4. The summed E-state index contributed by atoms with van der Waals surface area (Å²) < 4.78 is 14.1. The molecule has 1 atom stereocenters. The molecule has 4 aromatic rings. The van der Waals surface area contributed by atoms with E-state index >= 15 is 0 Å². The zero-order valence-corrected chi connectivity index (χ0v) is 22.7. The van der Waals surface area contributed by atoms with Crippen LogP contribution in [-0.2, 0) is 17.7 Å². The number of nitrogens with zero attached hydrogens (tertiary/aromatic N) is 3. The van der Waals surface area contributed by atoms with Gasteiger partial charge in [0.2, 0.25) is 5.88 Å². The smallest absolute Gasteiger partial charge is 0.335 e. The summed E-state index contributed by atoms with van der Waals surface area (Å²) in [7, 11) is 0. The predicted octanol–water partition coefficient (Wildman–Crippen LogP) is 6.53. The van der Waals surface area contributed by atoms with Crippen LogP contribution >= 0.6 is 0 Å². The highest BCUT2D eigenvalue weighted by Crippen LogP contribution is 2.50. The highest BCUT2D eigenvalue weighted by atomic mass is 16.5. The van der Waals surface area contributed by atoms with Crippen LogP contribution in [0.1, 0.15) is 66.7 Å². The van der Waals surface area contributed by atoms with E-state index in [1.54, 1.807) is 18.2 Å². The molecule has 2 aromatic carbocycles. The minimum atomic E-state index is -0.935. The molecule has 2 bridgehead atoms. The lowest BCUT2D eigenvalue weighted by molar-refractivity contribution is -0.0589. The number of pyridine rings is 1. The molecule has 1 aliphatic heterocycles. The summed E-state index contributed by atoms with van der Waals surface area (Å²) >= 11 is 0. The van der Waals surface area contributed by atoms with Gasteiger partial charge in [-0.3, -0.25) is 0 Å². The van der Waals surface area contributed by atoms with E-state index in [4.69, 9.17) is 19.4 Å². The van der Waals surface area contributed by atoms with Gasteiger partial charge in [0.25, 0.3) is 0 Å². The number of aromatic nitrogens is 3. The van der Waals surface area contributed by atoms with Crippen molar-refractivity contribution in [2.45, 2.75) is 64.0 Å². The first-order valence-corrected chi connectivity index (χ1v) is 14.6. The van der Waals surface area contributed by atoms with Crippen molar-refractivity contribution in [1.82, 2.24) is 14.5 Å². The predicted molar refractivity (Wildman–Crippen MR) is 153 cm³/mol. The average Bonchev–Trinajstić information content (AvgIpc) is 3.31. The molecule has 0 radical (unpaired) electrons. The quantitative estimate of drug-likeness (QED) is 0.261. The zero-order chi connectivity index (χ0) is 27.1. The molecule has 1 saturated heterocycles. The minimum absolute atomic E-state index is 0.139. The Labute approximate surface area is 234 Å². The zero-order valence-electron chi connectivity index (χ0n) is 22.7. The first-order chi connectivity index (χ1) is 19.5. The van der Waals surface area contributed by atoms with Gasteiger partial charge in [-0.25, -0.2) is 14.8 Å². The normalized spacial score (nSPS) is 23.7. The topological polar surface area (TPSA) is 86.5 Å². The van der Waals surface area contributed by atoms with Crippen LogP contribution in [0.4, 0.5) is 0 Å². The third kappa shape index (κ3) is 4.99. The molecule has 7 nitrogen and oxygen atoms in total. The van der Waals surface area contributed by atoms with E-state index in [9.17, 15) is 9.90 Å². The maximum absolute atomic E-state index is 11.6. The van der Waals surface area contributed by atoms with Crippen LogP contribution in [0.3, 0.4) is 0 Å². The van der Waals surface area contributed by atoms with Gasteiger partial charge in [-0.05, 0) is 80.7 Å². The van der Waals surface area contributed by atoms with Crippen molar-refractivity contribution in [1.29, 1.82) is 0 Å². The first kappa shape index (κ1) is 25.3. The summed E-state index contributed by atoms with van der Waals surface area (Å²) in [6.07, 6.45) is 9.74. The molecule has 7 heteroatoms. The van der Waals surface area contributed by atoms with Gasteiger partial charge in [0, 0.05) is 30.1 Å². The molecule has 3 saturated carbocycles. The number of carboxylic acid groups (broad SMARTS) is 1. The van der Waals surface area contributed by atoms with Crippen LogP contribution in [0.25, 0.3) is 22.3 Å². The first-order valence-electron chi connectivity index (χ1n) is 14.6. The standard InChI is InChI=1S/C33H35N3O4/c37-32(38)25-8-9-28-29(19-25)36(20-26-13-17-39-26)30(34-28)18-23-4-6-24(7-5-23)27-2-1-3-31(35-27)40-21-33-14-10-22(11-15-33)12-16-33/h1-9,19,22,26H,10-18,20-21H2,(H,37,38). The summed E-state index contributed by atoms with van der Waals surface area (Å²) in [5, 5.41) is 9.50. The van der Waals surface area contributed by atoms with Crippen LogP contribution in [0, 0.1) is 11.3 Å². The van der Waals surface area contributed by atoms with Crippen molar-refractivity contribution in [2.75, 3.05) is 13.2 Å². The number of aromatic carboxylic acids is 1. The highest BCUT2D eigenvalue weighted by Gasteiger charge is 2.41. The van der Waals surface area contributed by atoms with E-state index in [-0.39, 0.29) is 11.7 Å². The van der Waals surface area contributed by atoms with Gasteiger partial charge in [0.15, 0.2) is 0 Å². The summed E-state index contributed by atoms with van der Waals surface area (Å²) in [4.78, 5) is 21.3. The minimum Gasteiger partial charge on any atom is -0.478 e. The molecule has 40 heavy (non-hydrogen) atoms. The molecule has 0 spiro atoms. The monoisotopic (exact) mass is 537 g/mol. The van der Waals surface area contributed by atoms with Gasteiger partial charge in [-0.1, -0.05) is 30.3 Å². The summed E-state index contributed by atoms with van der Waals surface area (Å²) in [5.74, 6) is 1.63. The number of hydrogen-bond donors (Lipinski definition) is 1. The van der Waals surface area contributed by atoms with Crippen molar-refractivity contribution in [2.24, 2.45) is 11.3 Å². The fourth-order valence-electron chi connectivity index (χ4n) is 6.69. The van der Waals surface area contributed by atoms with E-state index in [0.717, 1.165) is 59.2 Å². The van der Waals surface area contributed by atoms with Gasteiger partial charge in [0.05, 0.1) is 41.5 Å². The van der Waals surface area contributed by atoms with E-state index < -0.39 is 5.97 Å². The van der Waals surface area contributed by atoms with Gasteiger partial charge < -0.3 is 19.1 Å². The maximum atomic E-state index is 11.6. The molecule has 1 N–H and O–H groups in total. The molecule has 3 aliphatic carbocycles. The highest BCUT2D eigenvalue weighted by molar-refractivity contribution is 5.92. The molecule has 1 unspecified atom stereocenters. The van der Waals surface area contributed by atoms with Gasteiger partial charge in [-0.2, -0.15) is 0 Å². The molecule has 8 rings (SSSR count). The molecule has 206 valence electrons. The Balaban J connectivity index is 1.08. The van der Waals surface area contributed by atoms with Gasteiger partial charge in [0.1, 0.15) is 5.82 Å². The molecular formula is C33H35N3O4. The van der Waals surface area contributed by atoms with Crippen molar-refractivity contribution in [3.05, 3.63) is 77.6 Å². The summed E-state index contributed by atoms with van der Waals surface area (Å²) in [6, 6.07) is 19.6. The Morgan fingerprint density at radius 1 is 1.00 bits per heavy atom. The number of hydrogen-bond acceptors (Lipinski definition) is 5. The average molecular weight is 538 g/mol. The molecule has 4 aliphatic rings. The lowest BCUT2D eigenvalue weighted by Crippen LogP contribution is -2.38. The third-order valence-electron chi connectivity index (χ3n) is 9.36. The number of carboxylic acids is 1. The summed E-state index contributed by atoms with van der Waals surface area (Å²) in [5.41, 5.74) is 5.35. The van der Waals surface area contributed by atoms with Crippen LogP contribution in [0.5, 0.6) is 5.88 Å². The number of rotatable bonds is 9. The Morgan fingerprint density at radius 2 is 1.77 bits per heavy atom. The van der Waals surface area contributed by atoms with E-state index in [0.29, 0.717) is 24.3 Å².